The quantitative estimate of drug-likeness (QED) is 0.789. The molecule has 0 aliphatic carbocycles. The van der Waals surface area contributed by atoms with Gasteiger partial charge in [-0.2, -0.15) is 5.10 Å². The Morgan fingerprint density at radius 2 is 2.11 bits per heavy atom. The largest absolute Gasteiger partial charge is 0.298 e. The van der Waals surface area contributed by atoms with Crippen molar-refractivity contribution >= 4 is 5.78 Å². The van der Waals surface area contributed by atoms with Crippen LogP contribution in [0.4, 0.5) is 0 Å². The van der Waals surface area contributed by atoms with E-state index in [9.17, 15) is 4.79 Å². The minimum atomic E-state index is -0.269. The molecule has 0 spiro atoms. The van der Waals surface area contributed by atoms with Gasteiger partial charge in [-0.05, 0) is 51.8 Å². The lowest BCUT2D eigenvalue weighted by Gasteiger charge is -2.36. The van der Waals surface area contributed by atoms with E-state index in [0.717, 1.165) is 31.6 Å². The fraction of sp³-hybridized carbons (Fsp3) is 0.733. The van der Waals surface area contributed by atoms with Crippen LogP contribution in [0.1, 0.15) is 45.2 Å². The molecule has 1 aromatic rings. The summed E-state index contributed by atoms with van der Waals surface area (Å²) in [4.78, 5) is 15.0. The van der Waals surface area contributed by atoms with Gasteiger partial charge in [0, 0.05) is 25.4 Å². The van der Waals surface area contributed by atoms with Gasteiger partial charge in [0.15, 0.2) is 5.78 Å². The third kappa shape index (κ3) is 2.89. The van der Waals surface area contributed by atoms with E-state index in [-0.39, 0.29) is 5.54 Å². The maximum atomic E-state index is 12.6. The monoisotopic (exact) mass is 263 g/mol. The van der Waals surface area contributed by atoms with Crippen LogP contribution >= 0.6 is 0 Å². The third-order valence-electron chi connectivity index (χ3n) is 4.62. The first-order valence-electron chi connectivity index (χ1n) is 7.33. The van der Waals surface area contributed by atoms with Gasteiger partial charge in [-0.15, -0.1) is 0 Å². The number of likely N-dealkylation sites (tertiary alicyclic amines) is 1. The van der Waals surface area contributed by atoms with Crippen molar-refractivity contribution in [1.82, 2.24) is 14.7 Å². The molecule has 0 N–H and O–H groups in total. The van der Waals surface area contributed by atoms with E-state index in [0.29, 0.717) is 12.2 Å². The second-order valence-electron chi connectivity index (χ2n) is 5.69. The Hall–Kier alpha value is -1.16. The zero-order valence-corrected chi connectivity index (χ0v) is 12.4. The van der Waals surface area contributed by atoms with E-state index in [4.69, 9.17) is 0 Å². The van der Waals surface area contributed by atoms with Gasteiger partial charge in [0.2, 0.25) is 0 Å². The van der Waals surface area contributed by atoms with Crippen LogP contribution in [0, 0.1) is 0 Å². The SMILES string of the molecule is CCC(C)(C(=O)CCc1ccnn1C)N1CCCC1. The Balaban J connectivity index is 1.98. The highest BCUT2D eigenvalue weighted by molar-refractivity contribution is 5.88. The summed E-state index contributed by atoms with van der Waals surface area (Å²) in [7, 11) is 1.93. The maximum absolute atomic E-state index is 12.6. The van der Waals surface area contributed by atoms with Gasteiger partial charge in [0.25, 0.3) is 0 Å². The predicted octanol–water partition coefficient (Wildman–Crippen LogP) is 2.19. The van der Waals surface area contributed by atoms with Gasteiger partial charge in [-0.25, -0.2) is 0 Å². The fourth-order valence-corrected chi connectivity index (χ4v) is 2.97. The van der Waals surface area contributed by atoms with Crippen LogP contribution in [0.5, 0.6) is 0 Å². The lowest BCUT2D eigenvalue weighted by molar-refractivity contribution is -0.130. The second-order valence-corrected chi connectivity index (χ2v) is 5.69. The smallest absolute Gasteiger partial charge is 0.153 e. The van der Waals surface area contributed by atoms with Crippen LogP contribution in [0.2, 0.25) is 0 Å². The van der Waals surface area contributed by atoms with Gasteiger partial charge in [0.05, 0.1) is 5.54 Å². The summed E-state index contributed by atoms with van der Waals surface area (Å²) < 4.78 is 1.85. The molecule has 1 saturated heterocycles. The van der Waals surface area contributed by atoms with Crippen LogP contribution in [-0.4, -0.2) is 39.1 Å². The number of aryl methyl sites for hydroxylation is 2. The van der Waals surface area contributed by atoms with Crippen molar-refractivity contribution in [3.63, 3.8) is 0 Å². The number of Topliss-reactive ketones (excluding diaryl/α,β-unsaturated/α-hetero) is 1. The second kappa shape index (κ2) is 5.87. The van der Waals surface area contributed by atoms with Gasteiger partial charge < -0.3 is 0 Å². The highest BCUT2D eigenvalue weighted by atomic mass is 16.1. The first-order valence-corrected chi connectivity index (χ1v) is 7.33. The van der Waals surface area contributed by atoms with Crippen molar-refractivity contribution in [3.05, 3.63) is 18.0 Å². The summed E-state index contributed by atoms with van der Waals surface area (Å²) in [6, 6.07) is 1.99. The summed E-state index contributed by atoms with van der Waals surface area (Å²) in [5.74, 6) is 0.373. The number of carbonyl (C=O) groups excluding carboxylic acids is 1. The van der Waals surface area contributed by atoms with Crippen molar-refractivity contribution in [1.29, 1.82) is 0 Å². The number of hydrogen-bond acceptors (Lipinski definition) is 3. The van der Waals surface area contributed by atoms with Gasteiger partial charge in [0.1, 0.15) is 0 Å². The van der Waals surface area contributed by atoms with Crippen LogP contribution < -0.4 is 0 Å². The molecule has 1 aromatic heterocycles. The van der Waals surface area contributed by atoms with E-state index < -0.39 is 0 Å². The van der Waals surface area contributed by atoms with E-state index in [1.807, 2.05) is 17.8 Å². The Kier molecular flexibility index (Phi) is 4.40. The minimum absolute atomic E-state index is 0.269. The Bertz CT molecular complexity index is 434. The molecule has 2 rings (SSSR count). The van der Waals surface area contributed by atoms with Gasteiger partial charge >= 0.3 is 0 Å². The molecule has 1 atom stereocenters. The van der Waals surface area contributed by atoms with E-state index >= 15 is 0 Å². The maximum Gasteiger partial charge on any atom is 0.153 e. The molecular weight excluding hydrogens is 238 g/mol. The Labute approximate surface area is 115 Å². The molecular formula is C15H25N3O. The normalized spacial score (nSPS) is 19.5. The van der Waals surface area contributed by atoms with E-state index in [1.54, 1.807) is 6.20 Å². The van der Waals surface area contributed by atoms with E-state index in [2.05, 4.69) is 23.8 Å². The summed E-state index contributed by atoms with van der Waals surface area (Å²) in [5, 5.41) is 4.15. The van der Waals surface area contributed by atoms with Crippen molar-refractivity contribution < 1.29 is 4.79 Å². The molecule has 4 heteroatoms. The predicted molar refractivity (Wildman–Crippen MR) is 76.0 cm³/mol. The molecule has 1 fully saturated rings. The number of nitrogens with zero attached hydrogens (tertiary/aromatic N) is 3. The summed E-state index contributed by atoms with van der Waals surface area (Å²) in [6.07, 6.45) is 6.55. The van der Waals surface area contributed by atoms with Crippen molar-refractivity contribution in [2.75, 3.05) is 13.1 Å². The number of ketones is 1. The van der Waals surface area contributed by atoms with Crippen LogP contribution in [-0.2, 0) is 18.3 Å². The molecule has 2 heterocycles. The molecule has 1 aliphatic rings. The number of hydrogen-bond donors (Lipinski definition) is 0. The van der Waals surface area contributed by atoms with Crippen molar-refractivity contribution in [3.8, 4) is 0 Å². The summed E-state index contributed by atoms with van der Waals surface area (Å²) >= 11 is 0. The van der Waals surface area contributed by atoms with Crippen molar-refractivity contribution in [2.45, 2.75) is 51.5 Å². The molecule has 1 unspecified atom stereocenters. The Morgan fingerprint density at radius 1 is 1.42 bits per heavy atom. The minimum Gasteiger partial charge on any atom is -0.298 e. The van der Waals surface area contributed by atoms with Crippen LogP contribution in [0.3, 0.4) is 0 Å². The highest BCUT2D eigenvalue weighted by Gasteiger charge is 2.38. The highest BCUT2D eigenvalue weighted by Crippen LogP contribution is 2.27. The molecule has 0 amide bonds. The third-order valence-corrected chi connectivity index (χ3v) is 4.62. The van der Waals surface area contributed by atoms with E-state index in [1.165, 1.54) is 12.8 Å². The molecule has 19 heavy (non-hydrogen) atoms. The standard InChI is InChI=1S/C15H25N3O/c1-4-15(2,18-11-5-6-12-18)14(19)8-7-13-9-10-16-17(13)3/h9-10H,4-8,11-12H2,1-3H3. The zero-order chi connectivity index (χ0) is 13.9. The average Bonchev–Trinajstić information content (AvgIpc) is 3.06. The molecule has 4 nitrogen and oxygen atoms in total. The van der Waals surface area contributed by atoms with Crippen molar-refractivity contribution in [2.24, 2.45) is 7.05 Å². The Morgan fingerprint density at radius 3 is 2.63 bits per heavy atom. The zero-order valence-electron chi connectivity index (χ0n) is 12.4. The number of aromatic nitrogens is 2. The first kappa shape index (κ1) is 14.3. The van der Waals surface area contributed by atoms with Crippen LogP contribution in [0.15, 0.2) is 12.3 Å². The van der Waals surface area contributed by atoms with Crippen LogP contribution in [0.25, 0.3) is 0 Å². The lowest BCUT2D eigenvalue weighted by atomic mass is 9.88. The molecule has 0 bridgehead atoms. The molecule has 1 aliphatic heterocycles. The fourth-order valence-electron chi connectivity index (χ4n) is 2.97. The van der Waals surface area contributed by atoms with Gasteiger partial charge in [-0.3, -0.25) is 14.4 Å². The summed E-state index contributed by atoms with van der Waals surface area (Å²) in [5.41, 5.74) is 0.864. The first-order chi connectivity index (χ1) is 9.08. The molecule has 0 aromatic carbocycles. The molecule has 0 radical (unpaired) electrons. The topological polar surface area (TPSA) is 38.1 Å². The lowest BCUT2D eigenvalue weighted by Crippen LogP contribution is -2.50. The molecule has 0 saturated carbocycles. The summed E-state index contributed by atoms with van der Waals surface area (Å²) in [6.45, 7) is 6.38. The average molecular weight is 263 g/mol. The number of rotatable bonds is 6. The molecule has 106 valence electrons. The number of carbonyl (C=O) groups is 1. The van der Waals surface area contributed by atoms with Gasteiger partial charge in [-0.1, -0.05) is 6.92 Å².